The van der Waals surface area contributed by atoms with Crippen molar-refractivity contribution in [2.45, 2.75) is 50.6 Å². The highest BCUT2D eigenvalue weighted by Crippen LogP contribution is 2.35. The van der Waals surface area contributed by atoms with Crippen LogP contribution in [0.4, 0.5) is 0 Å². The van der Waals surface area contributed by atoms with Gasteiger partial charge in [-0.25, -0.2) is 0 Å². The Morgan fingerprint density at radius 3 is 2.43 bits per heavy atom. The highest BCUT2D eigenvalue weighted by molar-refractivity contribution is 7.86. The van der Waals surface area contributed by atoms with Gasteiger partial charge in [0.2, 0.25) is 11.8 Å². The van der Waals surface area contributed by atoms with Crippen molar-refractivity contribution < 1.29 is 36.4 Å². The number of nitrogens with one attached hydrogen (secondary N) is 2. The second kappa shape index (κ2) is 9.40. The molecule has 2 saturated heterocycles. The minimum atomic E-state index is -3.90. The smallest absolute Gasteiger partial charge is 0.264 e. The number of fused-ring (bicyclic) bond motifs is 1. The van der Waals surface area contributed by atoms with Crippen LogP contribution in [0.15, 0.2) is 30.3 Å². The van der Waals surface area contributed by atoms with Gasteiger partial charge in [-0.05, 0) is 0 Å². The summed E-state index contributed by atoms with van der Waals surface area (Å²) in [4.78, 5) is 23.3. The van der Waals surface area contributed by atoms with Gasteiger partial charge in [0.1, 0.15) is 24.4 Å². The number of ether oxygens (including phenoxy) is 3. The molecule has 166 valence electrons. The number of carbonyl (C=O) groups excluding carboxylic acids is 2. The molecule has 2 fully saturated rings. The molecule has 2 aliphatic rings. The second-order valence-corrected chi connectivity index (χ2v) is 8.92. The van der Waals surface area contributed by atoms with E-state index < -0.39 is 46.9 Å². The van der Waals surface area contributed by atoms with Crippen LogP contribution in [0.2, 0.25) is 0 Å². The van der Waals surface area contributed by atoms with Crippen LogP contribution >= 0.6 is 0 Å². The molecule has 0 aromatic heterocycles. The molecule has 0 aliphatic carbocycles. The zero-order chi connectivity index (χ0) is 21.9. The minimum Gasteiger partial charge on any atom is -0.365 e. The van der Waals surface area contributed by atoms with Crippen molar-refractivity contribution in [3.8, 4) is 0 Å². The molecule has 6 atom stereocenters. The molecule has 11 heteroatoms. The van der Waals surface area contributed by atoms with Crippen LogP contribution in [0.3, 0.4) is 0 Å². The number of benzene rings is 1. The van der Waals surface area contributed by atoms with Gasteiger partial charge in [0.25, 0.3) is 10.1 Å². The van der Waals surface area contributed by atoms with Crippen LogP contribution in [0.25, 0.3) is 0 Å². The molecule has 1 aromatic rings. The number of amides is 2. The van der Waals surface area contributed by atoms with Crippen molar-refractivity contribution in [3.63, 3.8) is 0 Å². The summed E-state index contributed by atoms with van der Waals surface area (Å²) in [5, 5.41) is 5.34. The Hall–Kier alpha value is -2.05. The van der Waals surface area contributed by atoms with Gasteiger partial charge in [-0.15, -0.1) is 0 Å². The first-order valence-corrected chi connectivity index (χ1v) is 11.3. The van der Waals surface area contributed by atoms with Gasteiger partial charge in [0, 0.05) is 26.0 Å². The molecule has 2 N–H and O–H groups in total. The average Bonchev–Trinajstić information content (AvgIpc) is 2.67. The van der Waals surface area contributed by atoms with Gasteiger partial charge < -0.3 is 24.8 Å². The molecule has 30 heavy (non-hydrogen) atoms. The fraction of sp³-hybridized carbons (Fsp3) is 0.579. The summed E-state index contributed by atoms with van der Waals surface area (Å²) in [5.41, 5.74) is 0.776. The molecule has 3 rings (SSSR count). The summed E-state index contributed by atoms with van der Waals surface area (Å²) >= 11 is 0. The standard InChI is InChI=1S/C19H26N2O8S/c1-11(22)20-9-14-18(29-30(3,24)25)16(21-12(2)23)17-15(27-14)10-26-19(28-17)13-7-5-4-6-8-13/h4-8,14-19H,9-10H2,1-3H3,(H,20,22)(H,21,23)/t14-,15+,16+,17+,18+,19?/m0/s1. The molecule has 0 spiro atoms. The summed E-state index contributed by atoms with van der Waals surface area (Å²) in [6.07, 6.45) is -3.07. The lowest BCUT2D eigenvalue weighted by atomic mass is 9.91. The van der Waals surface area contributed by atoms with Crippen molar-refractivity contribution in [1.29, 1.82) is 0 Å². The highest BCUT2D eigenvalue weighted by Gasteiger charge is 2.51. The molecule has 10 nitrogen and oxygen atoms in total. The SMILES string of the molecule is CC(=O)NC[C@@H]1O[C@@H]2COC(c3ccccc3)O[C@H]2[C@@H](NC(C)=O)[C@@H]1OS(C)(=O)=O. The summed E-state index contributed by atoms with van der Waals surface area (Å²) in [7, 11) is -3.90. The fourth-order valence-electron chi connectivity index (χ4n) is 3.62. The van der Waals surface area contributed by atoms with E-state index in [1.165, 1.54) is 13.8 Å². The Morgan fingerprint density at radius 2 is 1.83 bits per heavy atom. The first-order chi connectivity index (χ1) is 14.1. The maximum absolute atomic E-state index is 11.9. The molecule has 1 aromatic carbocycles. The number of hydrogen-bond donors (Lipinski definition) is 2. The Morgan fingerprint density at radius 1 is 1.13 bits per heavy atom. The topological polar surface area (TPSA) is 129 Å². The zero-order valence-corrected chi connectivity index (χ0v) is 17.8. The second-order valence-electron chi connectivity index (χ2n) is 7.32. The number of hydrogen-bond acceptors (Lipinski definition) is 8. The number of carbonyl (C=O) groups is 2. The van der Waals surface area contributed by atoms with Crippen LogP contribution in [-0.4, -0.2) is 70.1 Å². The van der Waals surface area contributed by atoms with Crippen molar-refractivity contribution in [1.82, 2.24) is 10.6 Å². The Bertz CT molecular complexity index is 863. The van der Waals surface area contributed by atoms with Crippen molar-refractivity contribution >= 4 is 21.9 Å². The van der Waals surface area contributed by atoms with E-state index in [0.717, 1.165) is 11.8 Å². The fourth-order valence-corrected chi connectivity index (χ4v) is 4.26. The third-order valence-electron chi connectivity index (χ3n) is 4.76. The molecule has 0 bridgehead atoms. The van der Waals surface area contributed by atoms with Gasteiger partial charge in [0.05, 0.1) is 18.9 Å². The highest BCUT2D eigenvalue weighted by atomic mass is 32.2. The molecular formula is C19H26N2O8S. The predicted octanol–water partition coefficient (Wildman–Crippen LogP) is -0.146. The first-order valence-electron chi connectivity index (χ1n) is 9.51. The van der Waals surface area contributed by atoms with Crippen LogP contribution in [0, 0.1) is 0 Å². The van der Waals surface area contributed by atoms with E-state index in [1.54, 1.807) is 0 Å². The lowest BCUT2D eigenvalue weighted by molar-refractivity contribution is -0.306. The van der Waals surface area contributed by atoms with E-state index in [0.29, 0.717) is 0 Å². The summed E-state index contributed by atoms with van der Waals surface area (Å²) in [6.45, 7) is 2.80. The van der Waals surface area contributed by atoms with Gasteiger partial charge in [-0.1, -0.05) is 30.3 Å². The van der Waals surface area contributed by atoms with E-state index in [-0.39, 0.29) is 25.0 Å². The average molecular weight is 442 g/mol. The molecular weight excluding hydrogens is 416 g/mol. The molecule has 1 unspecified atom stereocenters. The third kappa shape index (κ3) is 5.76. The summed E-state index contributed by atoms with van der Waals surface area (Å²) in [5.74, 6) is -0.692. The maximum atomic E-state index is 11.9. The normalized spacial score (nSPS) is 31.4. The summed E-state index contributed by atoms with van der Waals surface area (Å²) in [6, 6.07) is 8.39. The molecule has 2 heterocycles. The van der Waals surface area contributed by atoms with E-state index >= 15 is 0 Å². The number of rotatable bonds is 6. The van der Waals surface area contributed by atoms with E-state index in [1.807, 2.05) is 30.3 Å². The lowest BCUT2D eigenvalue weighted by Gasteiger charge is -2.49. The Balaban J connectivity index is 1.90. The minimum absolute atomic E-state index is 0.00304. The quantitative estimate of drug-likeness (QED) is 0.582. The van der Waals surface area contributed by atoms with Crippen molar-refractivity contribution in [2.24, 2.45) is 0 Å². The van der Waals surface area contributed by atoms with Crippen LogP contribution in [0.5, 0.6) is 0 Å². The lowest BCUT2D eigenvalue weighted by Crippen LogP contribution is -2.68. The third-order valence-corrected chi connectivity index (χ3v) is 5.33. The molecule has 2 aliphatic heterocycles. The first kappa shape index (κ1) is 22.6. The van der Waals surface area contributed by atoms with Gasteiger partial charge >= 0.3 is 0 Å². The van der Waals surface area contributed by atoms with Crippen molar-refractivity contribution in [3.05, 3.63) is 35.9 Å². The van der Waals surface area contributed by atoms with E-state index in [4.69, 9.17) is 18.4 Å². The monoisotopic (exact) mass is 442 g/mol. The maximum Gasteiger partial charge on any atom is 0.264 e. The van der Waals surface area contributed by atoms with E-state index in [2.05, 4.69) is 10.6 Å². The Kier molecular flexibility index (Phi) is 7.09. The van der Waals surface area contributed by atoms with E-state index in [9.17, 15) is 18.0 Å². The Labute approximate surface area is 175 Å². The largest absolute Gasteiger partial charge is 0.365 e. The molecule has 0 saturated carbocycles. The predicted molar refractivity (Wildman–Crippen MR) is 105 cm³/mol. The van der Waals surface area contributed by atoms with Gasteiger partial charge in [-0.2, -0.15) is 8.42 Å². The van der Waals surface area contributed by atoms with Gasteiger partial charge in [-0.3, -0.25) is 13.8 Å². The van der Waals surface area contributed by atoms with Crippen LogP contribution < -0.4 is 10.6 Å². The van der Waals surface area contributed by atoms with Crippen molar-refractivity contribution in [2.75, 3.05) is 19.4 Å². The van der Waals surface area contributed by atoms with Gasteiger partial charge in [0.15, 0.2) is 6.29 Å². The van der Waals surface area contributed by atoms with Crippen LogP contribution in [0.1, 0.15) is 25.7 Å². The molecule has 2 amide bonds. The van der Waals surface area contributed by atoms with Crippen LogP contribution in [-0.2, 0) is 38.1 Å². The summed E-state index contributed by atoms with van der Waals surface area (Å²) < 4.78 is 47.0. The molecule has 0 radical (unpaired) electrons. The zero-order valence-electron chi connectivity index (χ0n) is 16.9.